The Morgan fingerprint density at radius 1 is 1.38 bits per heavy atom. The van der Waals surface area contributed by atoms with E-state index in [9.17, 15) is 9.90 Å². The van der Waals surface area contributed by atoms with Crippen molar-refractivity contribution in [2.24, 2.45) is 0 Å². The van der Waals surface area contributed by atoms with Crippen LogP contribution in [0.5, 0.6) is 0 Å². The topological polar surface area (TPSA) is 52.6 Å². The Balaban J connectivity index is 1.86. The Hall–Kier alpha value is -1.39. The van der Waals surface area contributed by atoms with Crippen LogP contribution in [0.15, 0.2) is 24.3 Å². The first-order chi connectivity index (χ1) is 9.85. The van der Waals surface area contributed by atoms with Gasteiger partial charge in [-0.2, -0.15) is 0 Å². The largest absolute Gasteiger partial charge is 0.389 e. The number of anilines is 1. The molecular formula is C17H26N2O2. The van der Waals surface area contributed by atoms with E-state index in [-0.39, 0.29) is 5.91 Å². The molecule has 116 valence electrons. The van der Waals surface area contributed by atoms with Gasteiger partial charge in [0.2, 0.25) is 5.91 Å². The fraction of sp³-hybridized carbons (Fsp3) is 0.588. The summed E-state index contributed by atoms with van der Waals surface area (Å²) in [6.07, 6.45) is 1.74. The standard InChI is InChI=1S/C17H26N2O2/c1-13(2)14-5-7-15(8-6-14)18-16(20)11-19-10-4-9-17(3,21)12-19/h5-8,13,21H,4,9-12H2,1-3H3,(H,18,20). The van der Waals surface area contributed by atoms with Crippen molar-refractivity contribution in [3.63, 3.8) is 0 Å². The highest BCUT2D eigenvalue weighted by Gasteiger charge is 2.29. The van der Waals surface area contributed by atoms with Gasteiger partial charge in [0.25, 0.3) is 0 Å². The Labute approximate surface area is 127 Å². The van der Waals surface area contributed by atoms with Crippen LogP contribution in [0.3, 0.4) is 0 Å². The number of β-amino-alcohol motifs (C(OH)–C–C–N with tert-alkyl or cyclic N) is 1. The third-order valence-electron chi connectivity index (χ3n) is 3.98. The molecule has 1 saturated heterocycles. The lowest BCUT2D eigenvalue weighted by Crippen LogP contribution is -2.48. The summed E-state index contributed by atoms with van der Waals surface area (Å²) in [7, 11) is 0. The highest BCUT2D eigenvalue weighted by atomic mass is 16.3. The van der Waals surface area contributed by atoms with E-state index in [2.05, 4.69) is 19.2 Å². The molecule has 1 unspecified atom stereocenters. The smallest absolute Gasteiger partial charge is 0.238 e. The zero-order valence-electron chi connectivity index (χ0n) is 13.2. The first-order valence-electron chi connectivity index (χ1n) is 7.70. The molecule has 0 aliphatic carbocycles. The van der Waals surface area contributed by atoms with Crippen LogP contribution in [-0.2, 0) is 4.79 Å². The van der Waals surface area contributed by atoms with Gasteiger partial charge in [0.15, 0.2) is 0 Å². The molecule has 1 atom stereocenters. The van der Waals surface area contributed by atoms with Crippen LogP contribution in [0, 0.1) is 0 Å². The summed E-state index contributed by atoms with van der Waals surface area (Å²) in [6, 6.07) is 7.98. The van der Waals surface area contributed by atoms with Crippen LogP contribution in [0.1, 0.15) is 45.1 Å². The number of likely N-dealkylation sites (tertiary alicyclic amines) is 1. The molecule has 1 aromatic carbocycles. The van der Waals surface area contributed by atoms with Crippen LogP contribution in [-0.4, -0.2) is 41.1 Å². The number of carbonyl (C=O) groups excluding carboxylic acids is 1. The van der Waals surface area contributed by atoms with Gasteiger partial charge in [-0.15, -0.1) is 0 Å². The number of aliphatic hydroxyl groups is 1. The molecule has 1 heterocycles. The Morgan fingerprint density at radius 3 is 2.62 bits per heavy atom. The van der Waals surface area contributed by atoms with Crippen molar-refractivity contribution in [1.29, 1.82) is 0 Å². The van der Waals surface area contributed by atoms with E-state index in [1.807, 2.05) is 36.1 Å². The Bertz CT molecular complexity index is 480. The van der Waals surface area contributed by atoms with Crippen LogP contribution in [0.2, 0.25) is 0 Å². The number of rotatable bonds is 4. The van der Waals surface area contributed by atoms with Crippen molar-refractivity contribution in [3.05, 3.63) is 29.8 Å². The molecule has 1 aromatic rings. The average Bonchev–Trinajstić information content (AvgIpc) is 2.37. The predicted molar refractivity (Wildman–Crippen MR) is 85.5 cm³/mol. The number of nitrogens with one attached hydrogen (secondary N) is 1. The summed E-state index contributed by atoms with van der Waals surface area (Å²) in [5, 5.41) is 13.0. The van der Waals surface area contributed by atoms with Crippen molar-refractivity contribution in [3.8, 4) is 0 Å². The van der Waals surface area contributed by atoms with Crippen molar-refractivity contribution in [1.82, 2.24) is 4.90 Å². The van der Waals surface area contributed by atoms with Gasteiger partial charge in [0.1, 0.15) is 0 Å². The molecule has 1 fully saturated rings. The minimum absolute atomic E-state index is 0.0232. The predicted octanol–water partition coefficient (Wildman–Crippen LogP) is 2.60. The van der Waals surface area contributed by atoms with Gasteiger partial charge in [-0.25, -0.2) is 0 Å². The lowest BCUT2D eigenvalue weighted by Gasteiger charge is -2.36. The third-order valence-corrected chi connectivity index (χ3v) is 3.98. The van der Waals surface area contributed by atoms with E-state index in [1.165, 1.54) is 5.56 Å². The number of piperidine rings is 1. The van der Waals surface area contributed by atoms with Crippen molar-refractivity contribution in [2.45, 2.75) is 45.1 Å². The second kappa shape index (κ2) is 6.58. The van der Waals surface area contributed by atoms with Gasteiger partial charge in [-0.1, -0.05) is 26.0 Å². The van der Waals surface area contributed by atoms with Gasteiger partial charge < -0.3 is 10.4 Å². The monoisotopic (exact) mass is 290 g/mol. The third kappa shape index (κ3) is 4.83. The lowest BCUT2D eigenvalue weighted by atomic mass is 9.95. The molecule has 0 radical (unpaired) electrons. The number of carbonyl (C=O) groups is 1. The van der Waals surface area contributed by atoms with Crippen LogP contribution in [0.4, 0.5) is 5.69 Å². The van der Waals surface area contributed by atoms with E-state index < -0.39 is 5.60 Å². The summed E-state index contributed by atoms with van der Waals surface area (Å²) in [4.78, 5) is 14.1. The molecule has 4 nitrogen and oxygen atoms in total. The first kappa shape index (κ1) is 16.0. The van der Waals surface area contributed by atoms with E-state index >= 15 is 0 Å². The van der Waals surface area contributed by atoms with Gasteiger partial charge in [-0.05, 0) is 49.9 Å². The summed E-state index contributed by atoms with van der Waals surface area (Å²) >= 11 is 0. The number of benzene rings is 1. The SMILES string of the molecule is CC(C)c1ccc(NC(=O)CN2CCCC(C)(O)C2)cc1. The number of hydrogen-bond acceptors (Lipinski definition) is 3. The fourth-order valence-electron chi connectivity index (χ4n) is 2.81. The van der Waals surface area contributed by atoms with E-state index in [4.69, 9.17) is 0 Å². The minimum atomic E-state index is -0.669. The molecule has 1 aliphatic heterocycles. The normalized spacial score (nSPS) is 23.3. The van der Waals surface area contributed by atoms with Gasteiger partial charge >= 0.3 is 0 Å². The maximum Gasteiger partial charge on any atom is 0.238 e. The highest BCUT2D eigenvalue weighted by molar-refractivity contribution is 5.92. The summed E-state index contributed by atoms with van der Waals surface area (Å²) in [5.74, 6) is 0.468. The molecule has 0 bridgehead atoms. The molecule has 0 aromatic heterocycles. The molecule has 4 heteroatoms. The van der Waals surface area contributed by atoms with Gasteiger partial charge in [-0.3, -0.25) is 9.69 Å². The molecule has 1 amide bonds. The number of amides is 1. The van der Waals surface area contributed by atoms with E-state index in [0.717, 1.165) is 25.1 Å². The quantitative estimate of drug-likeness (QED) is 0.896. The summed E-state index contributed by atoms with van der Waals surface area (Å²) in [5.41, 5.74) is 1.42. The summed E-state index contributed by atoms with van der Waals surface area (Å²) in [6.45, 7) is 7.90. The molecule has 21 heavy (non-hydrogen) atoms. The Kier molecular flexibility index (Phi) is 5.01. The molecule has 0 spiro atoms. The molecule has 1 aliphatic rings. The zero-order valence-corrected chi connectivity index (χ0v) is 13.2. The van der Waals surface area contributed by atoms with E-state index in [1.54, 1.807) is 0 Å². The molecule has 0 saturated carbocycles. The maximum absolute atomic E-state index is 12.1. The van der Waals surface area contributed by atoms with Gasteiger partial charge in [0, 0.05) is 12.2 Å². The average molecular weight is 290 g/mol. The molecular weight excluding hydrogens is 264 g/mol. The first-order valence-corrected chi connectivity index (χ1v) is 7.70. The number of nitrogens with zero attached hydrogens (tertiary/aromatic N) is 1. The fourth-order valence-corrected chi connectivity index (χ4v) is 2.81. The van der Waals surface area contributed by atoms with Gasteiger partial charge in [0.05, 0.1) is 12.1 Å². The minimum Gasteiger partial charge on any atom is -0.389 e. The second-order valence-electron chi connectivity index (χ2n) is 6.64. The Morgan fingerprint density at radius 2 is 2.05 bits per heavy atom. The molecule has 2 N–H and O–H groups in total. The highest BCUT2D eigenvalue weighted by Crippen LogP contribution is 2.20. The van der Waals surface area contributed by atoms with Crippen LogP contribution < -0.4 is 5.32 Å². The second-order valence-corrected chi connectivity index (χ2v) is 6.64. The lowest BCUT2D eigenvalue weighted by molar-refractivity contribution is -0.118. The van der Waals surface area contributed by atoms with Crippen molar-refractivity contribution in [2.75, 3.05) is 25.0 Å². The maximum atomic E-state index is 12.1. The number of hydrogen-bond donors (Lipinski definition) is 2. The van der Waals surface area contributed by atoms with Crippen molar-refractivity contribution >= 4 is 11.6 Å². The van der Waals surface area contributed by atoms with Crippen LogP contribution >= 0.6 is 0 Å². The zero-order chi connectivity index (χ0) is 15.5. The van der Waals surface area contributed by atoms with E-state index in [0.29, 0.717) is 19.0 Å². The van der Waals surface area contributed by atoms with Crippen molar-refractivity contribution < 1.29 is 9.90 Å². The van der Waals surface area contributed by atoms with Crippen LogP contribution in [0.25, 0.3) is 0 Å². The summed E-state index contributed by atoms with van der Waals surface area (Å²) < 4.78 is 0. The molecule has 2 rings (SSSR count).